The lowest BCUT2D eigenvalue weighted by atomic mass is 10.1. The summed E-state index contributed by atoms with van der Waals surface area (Å²) in [4.78, 5) is 12.4. The average molecular weight is 391 g/mol. The number of sulfonamides is 1. The van der Waals surface area contributed by atoms with Gasteiger partial charge in [0.25, 0.3) is 5.91 Å². The van der Waals surface area contributed by atoms with Crippen LogP contribution in [0.3, 0.4) is 0 Å². The highest BCUT2D eigenvalue weighted by Gasteiger charge is 2.13. The molecule has 0 saturated carbocycles. The van der Waals surface area contributed by atoms with Crippen LogP contribution in [0, 0.1) is 5.92 Å². The first-order valence-corrected chi connectivity index (χ1v) is 10.4. The topological polar surface area (TPSA) is 98.5 Å². The van der Waals surface area contributed by atoms with E-state index in [1.165, 1.54) is 12.1 Å². The molecule has 2 aromatic carbocycles. The number of nitrogens with one attached hydrogen (secondary N) is 1. The van der Waals surface area contributed by atoms with Crippen molar-refractivity contribution in [2.24, 2.45) is 11.1 Å². The van der Waals surface area contributed by atoms with Gasteiger partial charge in [-0.2, -0.15) is 0 Å². The molecule has 0 spiro atoms. The van der Waals surface area contributed by atoms with Crippen molar-refractivity contribution < 1.29 is 17.9 Å². The highest BCUT2D eigenvalue weighted by Crippen LogP contribution is 2.17. The predicted molar refractivity (Wildman–Crippen MR) is 105 cm³/mol. The third-order valence-electron chi connectivity index (χ3n) is 4.14. The SMILES string of the molecule is CC(C)CCOc1ccc(C(=O)NC(C)c2ccc(S(N)(=O)=O)cc2)cc1. The molecule has 0 heterocycles. The smallest absolute Gasteiger partial charge is 0.251 e. The Morgan fingerprint density at radius 3 is 2.15 bits per heavy atom. The van der Waals surface area contributed by atoms with Gasteiger partial charge in [0.1, 0.15) is 5.75 Å². The summed E-state index contributed by atoms with van der Waals surface area (Å²) in [6, 6.07) is 12.8. The Bertz CT molecular complexity index is 860. The minimum absolute atomic E-state index is 0.0397. The Morgan fingerprint density at radius 2 is 1.63 bits per heavy atom. The minimum Gasteiger partial charge on any atom is -0.494 e. The molecule has 0 aromatic heterocycles. The van der Waals surface area contributed by atoms with Crippen molar-refractivity contribution in [1.82, 2.24) is 5.32 Å². The number of hydrogen-bond donors (Lipinski definition) is 2. The summed E-state index contributed by atoms with van der Waals surface area (Å²) >= 11 is 0. The van der Waals surface area contributed by atoms with Crippen LogP contribution in [0.25, 0.3) is 0 Å². The van der Waals surface area contributed by atoms with E-state index in [2.05, 4.69) is 19.2 Å². The van der Waals surface area contributed by atoms with Gasteiger partial charge in [0.2, 0.25) is 10.0 Å². The fourth-order valence-electron chi connectivity index (χ4n) is 2.42. The van der Waals surface area contributed by atoms with E-state index in [0.717, 1.165) is 17.7 Å². The standard InChI is InChI=1S/C20H26N2O4S/c1-14(2)12-13-26-18-8-4-17(5-9-18)20(23)22-15(3)16-6-10-19(11-7-16)27(21,24)25/h4-11,14-15H,12-13H2,1-3H3,(H,22,23)(H2,21,24,25). The molecule has 0 aliphatic heterocycles. The molecule has 0 fully saturated rings. The molecule has 6 nitrogen and oxygen atoms in total. The van der Waals surface area contributed by atoms with Crippen molar-refractivity contribution in [1.29, 1.82) is 0 Å². The van der Waals surface area contributed by atoms with Crippen LogP contribution in [0.15, 0.2) is 53.4 Å². The molecule has 1 amide bonds. The zero-order valence-electron chi connectivity index (χ0n) is 15.8. The first-order chi connectivity index (χ1) is 12.7. The number of rotatable bonds is 8. The zero-order chi connectivity index (χ0) is 20.0. The van der Waals surface area contributed by atoms with E-state index in [0.29, 0.717) is 18.1 Å². The molecule has 27 heavy (non-hydrogen) atoms. The van der Waals surface area contributed by atoms with E-state index >= 15 is 0 Å². The van der Waals surface area contributed by atoms with Crippen LogP contribution in [0.5, 0.6) is 5.75 Å². The molecule has 1 unspecified atom stereocenters. The van der Waals surface area contributed by atoms with Gasteiger partial charge in [0, 0.05) is 5.56 Å². The maximum absolute atomic E-state index is 12.4. The Labute approximate surface area is 160 Å². The van der Waals surface area contributed by atoms with Crippen LogP contribution < -0.4 is 15.2 Å². The number of benzene rings is 2. The molecule has 0 aliphatic rings. The van der Waals surface area contributed by atoms with Gasteiger partial charge in [-0.15, -0.1) is 0 Å². The van der Waals surface area contributed by atoms with E-state index < -0.39 is 10.0 Å². The van der Waals surface area contributed by atoms with Gasteiger partial charge in [-0.1, -0.05) is 26.0 Å². The lowest BCUT2D eigenvalue weighted by Gasteiger charge is -2.15. The second-order valence-electron chi connectivity index (χ2n) is 6.86. The largest absolute Gasteiger partial charge is 0.494 e. The van der Waals surface area contributed by atoms with Crippen molar-refractivity contribution in [3.63, 3.8) is 0 Å². The summed E-state index contributed by atoms with van der Waals surface area (Å²) in [5.41, 5.74) is 1.31. The summed E-state index contributed by atoms with van der Waals surface area (Å²) in [5.74, 6) is 1.10. The molecule has 0 bridgehead atoms. The summed E-state index contributed by atoms with van der Waals surface area (Å²) in [6.07, 6.45) is 0.976. The third-order valence-corrected chi connectivity index (χ3v) is 5.07. The molecular formula is C20H26N2O4S. The fourth-order valence-corrected chi connectivity index (χ4v) is 2.94. The Balaban J connectivity index is 1.95. The van der Waals surface area contributed by atoms with E-state index in [4.69, 9.17) is 9.88 Å². The third kappa shape index (κ3) is 6.37. The van der Waals surface area contributed by atoms with E-state index in [1.54, 1.807) is 36.4 Å². The van der Waals surface area contributed by atoms with Crippen LogP contribution in [-0.2, 0) is 10.0 Å². The molecule has 2 rings (SSSR count). The lowest BCUT2D eigenvalue weighted by Crippen LogP contribution is -2.26. The average Bonchev–Trinajstić information content (AvgIpc) is 2.61. The van der Waals surface area contributed by atoms with Crippen LogP contribution >= 0.6 is 0 Å². The number of ether oxygens (including phenoxy) is 1. The van der Waals surface area contributed by atoms with Crippen molar-refractivity contribution in [3.8, 4) is 5.75 Å². The summed E-state index contributed by atoms with van der Waals surface area (Å²) in [7, 11) is -3.73. The van der Waals surface area contributed by atoms with E-state index in [9.17, 15) is 13.2 Å². The van der Waals surface area contributed by atoms with Gasteiger partial charge < -0.3 is 10.1 Å². The van der Waals surface area contributed by atoms with Gasteiger partial charge in [-0.05, 0) is 61.2 Å². The first kappa shape index (κ1) is 20.9. The number of carbonyl (C=O) groups excluding carboxylic acids is 1. The first-order valence-electron chi connectivity index (χ1n) is 8.83. The molecule has 146 valence electrons. The normalized spacial score (nSPS) is 12.6. The van der Waals surface area contributed by atoms with Crippen LogP contribution in [0.1, 0.15) is 49.2 Å². The molecule has 7 heteroatoms. The Morgan fingerprint density at radius 1 is 1.04 bits per heavy atom. The maximum atomic E-state index is 12.4. The summed E-state index contributed by atoms with van der Waals surface area (Å²) < 4.78 is 28.3. The fraction of sp³-hybridized carbons (Fsp3) is 0.350. The maximum Gasteiger partial charge on any atom is 0.251 e. The highest BCUT2D eigenvalue weighted by molar-refractivity contribution is 7.89. The van der Waals surface area contributed by atoms with Crippen LogP contribution in [-0.4, -0.2) is 20.9 Å². The molecule has 0 radical (unpaired) electrons. The molecule has 0 aliphatic carbocycles. The summed E-state index contributed by atoms with van der Waals surface area (Å²) in [6.45, 7) is 6.75. The molecule has 0 saturated heterocycles. The zero-order valence-corrected chi connectivity index (χ0v) is 16.6. The van der Waals surface area contributed by atoms with E-state index in [-0.39, 0.29) is 16.8 Å². The predicted octanol–water partition coefficient (Wildman–Crippen LogP) is 3.25. The number of hydrogen-bond acceptors (Lipinski definition) is 4. The number of nitrogens with two attached hydrogens (primary N) is 1. The molecular weight excluding hydrogens is 364 g/mol. The van der Waals surface area contributed by atoms with Gasteiger partial charge >= 0.3 is 0 Å². The van der Waals surface area contributed by atoms with E-state index in [1.807, 2.05) is 6.92 Å². The highest BCUT2D eigenvalue weighted by atomic mass is 32.2. The van der Waals surface area contributed by atoms with Gasteiger partial charge in [0.05, 0.1) is 17.5 Å². The second kappa shape index (κ2) is 9.01. The van der Waals surface area contributed by atoms with Crippen molar-refractivity contribution >= 4 is 15.9 Å². The number of amides is 1. The van der Waals surface area contributed by atoms with Crippen LogP contribution in [0.2, 0.25) is 0 Å². The van der Waals surface area contributed by atoms with Gasteiger partial charge in [0.15, 0.2) is 0 Å². The number of primary sulfonamides is 1. The van der Waals surface area contributed by atoms with Gasteiger partial charge in [-0.3, -0.25) is 4.79 Å². The second-order valence-corrected chi connectivity index (χ2v) is 8.43. The number of carbonyl (C=O) groups is 1. The summed E-state index contributed by atoms with van der Waals surface area (Å²) in [5, 5.41) is 7.98. The quantitative estimate of drug-likeness (QED) is 0.723. The Hall–Kier alpha value is -2.38. The van der Waals surface area contributed by atoms with Crippen molar-refractivity contribution in [2.75, 3.05) is 6.61 Å². The molecule has 2 aromatic rings. The van der Waals surface area contributed by atoms with Crippen LogP contribution in [0.4, 0.5) is 0 Å². The molecule has 1 atom stereocenters. The minimum atomic E-state index is -3.73. The van der Waals surface area contributed by atoms with Crippen molar-refractivity contribution in [2.45, 2.75) is 38.1 Å². The Kier molecular flexibility index (Phi) is 6.98. The van der Waals surface area contributed by atoms with Gasteiger partial charge in [-0.25, -0.2) is 13.6 Å². The molecule has 3 N–H and O–H groups in total. The monoisotopic (exact) mass is 390 g/mol. The van der Waals surface area contributed by atoms with Crippen molar-refractivity contribution in [3.05, 3.63) is 59.7 Å². The lowest BCUT2D eigenvalue weighted by molar-refractivity contribution is 0.0940.